The van der Waals surface area contributed by atoms with Crippen molar-refractivity contribution in [2.24, 2.45) is 4.36 Å². The maximum Gasteiger partial charge on any atom is 0.235 e. The normalized spacial score (nSPS) is 14.5. The van der Waals surface area contributed by atoms with Crippen molar-refractivity contribution in [1.82, 2.24) is 4.98 Å². The van der Waals surface area contributed by atoms with E-state index in [1.807, 2.05) is 0 Å². The Morgan fingerprint density at radius 2 is 1.88 bits per heavy atom. The molecule has 0 N–H and O–H groups in total. The van der Waals surface area contributed by atoms with Crippen LogP contribution < -0.4 is 0 Å². The number of hydrogen-bond donors (Lipinski definition) is 0. The second-order valence-corrected chi connectivity index (χ2v) is 9.23. The van der Waals surface area contributed by atoms with Gasteiger partial charge in [-0.25, -0.2) is 22.0 Å². The number of hydrogen-bond acceptors (Lipinski definition) is 6. The van der Waals surface area contributed by atoms with Gasteiger partial charge in [0.1, 0.15) is 6.07 Å². The van der Waals surface area contributed by atoms with Gasteiger partial charge >= 0.3 is 0 Å². The van der Waals surface area contributed by atoms with E-state index in [2.05, 4.69) is 9.35 Å². The molecule has 1 aromatic heterocycles. The summed E-state index contributed by atoms with van der Waals surface area (Å²) in [5.41, 5.74) is 0. The highest BCUT2D eigenvalue weighted by molar-refractivity contribution is 7.95. The van der Waals surface area contributed by atoms with Crippen LogP contribution in [0.15, 0.2) is 74.1 Å². The molecule has 0 fully saturated rings. The van der Waals surface area contributed by atoms with Gasteiger partial charge in [-0.1, -0.05) is 17.7 Å². The second kappa shape index (κ2) is 7.13. The molecule has 1 aromatic carbocycles. The van der Waals surface area contributed by atoms with Gasteiger partial charge in [-0.05, 0) is 36.4 Å². The highest BCUT2D eigenvalue weighted by Gasteiger charge is 2.22. The first-order valence-electron chi connectivity index (χ1n) is 6.50. The lowest BCUT2D eigenvalue weighted by atomic mass is 10.4. The number of sulfone groups is 1. The molecule has 24 heavy (non-hydrogen) atoms. The summed E-state index contributed by atoms with van der Waals surface area (Å²) in [5.74, 6) is 0. The minimum absolute atomic E-state index is 0.276. The Hall–Kier alpha value is -2.21. The number of nitrogens with zero attached hydrogens (tertiary/aromatic N) is 3. The number of aromatic nitrogens is 1. The molecule has 1 atom stereocenters. The summed E-state index contributed by atoms with van der Waals surface area (Å²) in [6, 6.07) is 12.0. The van der Waals surface area contributed by atoms with Crippen LogP contribution in [0.4, 0.5) is 0 Å². The molecule has 124 valence electrons. The Labute approximate surface area is 145 Å². The highest BCUT2D eigenvalue weighted by atomic mass is 35.5. The van der Waals surface area contributed by atoms with E-state index in [1.165, 1.54) is 36.7 Å². The van der Waals surface area contributed by atoms with Crippen LogP contribution in [0.2, 0.25) is 5.02 Å². The van der Waals surface area contributed by atoms with Gasteiger partial charge in [0.25, 0.3) is 0 Å². The molecule has 0 saturated carbocycles. The van der Waals surface area contributed by atoms with E-state index in [1.54, 1.807) is 24.3 Å². The molecule has 0 aliphatic heterocycles. The lowest BCUT2D eigenvalue weighted by Crippen LogP contribution is -2.05. The molecule has 2 rings (SSSR count). The van der Waals surface area contributed by atoms with Crippen LogP contribution in [0.3, 0.4) is 0 Å². The first-order valence-corrected chi connectivity index (χ1v) is 10.3. The van der Waals surface area contributed by atoms with Crippen LogP contribution in [-0.4, -0.2) is 23.9 Å². The molecule has 6 nitrogen and oxygen atoms in total. The average molecular weight is 382 g/mol. The largest absolute Gasteiger partial charge is 0.245 e. The zero-order chi connectivity index (χ0) is 17.8. The molecule has 0 aliphatic rings. The molecule has 0 saturated heterocycles. The van der Waals surface area contributed by atoms with Gasteiger partial charge in [-0.3, -0.25) is 0 Å². The zero-order valence-corrected chi connectivity index (χ0v) is 14.8. The van der Waals surface area contributed by atoms with Crippen LogP contribution in [0.1, 0.15) is 0 Å². The molecule has 9 heteroatoms. The van der Waals surface area contributed by atoms with Gasteiger partial charge in [0.2, 0.25) is 9.84 Å². The monoisotopic (exact) mass is 381 g/mol. The maximum atomic E-state index is 12.6. The summed E-state index contributed by atoms with van der Waals surface area (Å²) in [6.45, 7) is 0. The van der Waals surface area contributed by atoms with E-state index in [4.69, 9.17) is 16.9 Å². The molecule has 1 heterocycles. The fourth-order valence-electron chi connectivity index (χ4n) is 1.67. The lowest BCUT2D eigenvalue weighted by molar-refractivity contribution is 0.599. The van der Waals surface area contributed by atoms with Crippen molar-refractivity contribution in [3.63, 3.8) is 0 Å². The van der Waals surface area contributed by atoms with E-state index in [9.17, 15) is 12.6 Å². The SMILES string of the molecule is CS(=O)(=N/C=C(/C#N)S(=O)(=O)c1ccccn1)c1ccc(Cl)cc1. The fourth-order valence-corrected chi connectivity index (χ4v) is 3.93. The van der Waals surface area contributed by atoms with Crippen molar-refractivity contribution >= 4 is 31.2 Å². The number of rotatable bonds is 4. The van der Waals surface area contributed by atoms with Gasteiger partial charge in [-0.2, -0.15) is 5.26 Å². The fraction of sp³-hybridized carbons (Fsp3) is 0.0667. The first-order chi connectivity index (χ1) is 11.3. The Bertz CT molecular complexity index is 1030. The number of pyridine rings is 1. The third-order valence-electron chi connectivity index (χ3n) is 2.93. The van der Waals surface area contributed by atoms with Crippen LogP contribution >= 0.6 is 11.6 Å². The van der Waals surface area contributed by atoms with Gasteiger partial charge in [-0.15, -0.1) is 0 Å². The molecule has 0 amide bonds. The molecular formula is C15H12ClN3O3S2. The van der Waals surface area contributed by atoms with Crippen LogP contribution in [0, 0.1) is 11.3 Å². The van der Waals surface area contributed by atoms with E-state index in [0.717, 1.165) is 6.20 Å². The van der Waals surface area contributed by atoms with E-state index in [0.29, 0.717) is 9.92 Å². The number of allylic oxidation sites excluding steroid dienone is 1. The minimum atomic E-state index is -4.11. The smallest absolute Gasteiger partial charge is 0.235 e. The Morgan fingerprint density at radius 3 is 2.42 bits per heavy atom. The standard InChI is InChI=1S/C15H12ClN3O3S2/c1-23(20,13-7-5-12(16)6-8-13)19-11-14(10-17)24(21,22)15-4-2-3-9-18-15/h2-9,11H,1H3/b14-11-. The average Bonchev–Trinajstić information content (AvgIpc) is 2.56. The van der Waals surface area contributed by atoms with Crippen molar-refractivity contribution < 1.29 is 12.6 Å². The van der Waals surface area contributed by atoms with Crippen LogP contribution in [-0.2, 0) is 19.6 Å². The molecule has 0 aliphatic carbocycles. The quantitative estimate of drug-likeness (QED) is 0.757. The van der Waals surface area contributed by atoms with Gasteiger partial charge in [0, 0.05) is 22.4 Å². The van der Waals surface area contributed by atoms with Crippen molar-refractivity contribution in [1.29, 1.82) is 5.26 Å². The zero-order valence-electron chi connectivity index (χ0n) is 12.5. The number of halogens is 1. The molecule has 2 aromatic rings. The topological polar surface area (TPSA) is 100 Å². The van der Waals surface area contributed by atoms with E-state index in [-0.39, 0.29) is 5.03 Å². The summed E-state index contributed by atoms with van der Waals surface area (Å²) in [5, 5.41) is 9.33. The molecule has 0 spiro atoms. The third-order valence-corrected chi connectivity index (χ3v) is 6.41. The summed E-state index contributed by atoms with van der Waals surface area (Å²) < 4.78 is 41.1. The third kappa shape index (κ3) is 4.00. The van der Waals surface area contributed by atoms with Crippen molar-refractivity contribution in [3.8, 4) is 6.07 Å². The first kappa shape index (κ1) is 18.1. The molecular weight excluding hydrogens is 370 g/mol. The van der Waals surface area contributed by atoms with E-state index >= 15 is 0 Å². The van der Waals surface area contributed by atoms with Crippen LogP contribution in [0.5, 0.6) is 0 Å². The number of benzene rings is 1. The molecule has 0 radical (unpaired) electrons. The van der Waals surface area contributed by atoms with Gasteiger partial charge in [0.15, 0.2) is 9.93 Å². The van der Waals surface area contributed by atoms with Crippen molar-refractivity contribution in [3.05, 3.63) is 64.8 Å². The maximum absolute atomic E-state index is 12.6. The summed E-state index contributed by atoms with van der Waals surface area (Å²) in [7, 11) is -7.03. The van der Waals surface area contributed by atoms with Crippen molar-refractivity contribution in [2.75, 3.05) is 6.26 Å². The van der Waals surface area contributed by atoms with Gasteiger partial charge < -0.3 is 0 Å². The molecule has 0 bridgehead atoms. The summed E-state index contributed by atoms with van der Waals surface area (Å²) >= 11 is 5.77. The summed E-state index contributed by atoms with van der Waals surface area (Å²) in [6.07, 6.45) is 3.45. The van der Waals surface area contributed by atoms with Crippen LogP contribution in [0.25, 0.3) is 0 Å². The Kier molecular flexibility index (Phi) is 5.39. The lowest BCUT2D eigenvalue weighted by Gasteiger charge is -2.04. The molecule has 1 unspecified atom stereocenters. The van der Waals surface area contributed by atoms with Crippen molar-refractivity contribution in [2.45, 2.75) is 9.92 Å². The highest BCUT2D eigenvalue weighted by Crippen LogP contribution is 2.19. The second-order valence-electron chi connectivity index (χ2n) is 4.64. The Balaban J connectivity index is 2.50. The Morgan fingerprint density at radius 1 is 1.21 bits per heavy atom. The number of nitriles is 1. The summed E-state index contributed by atoms with van der Waals surface area (Å²) in [4.78, 5) is 3.46. The van der Waals surface area contributed by atoms with E-state index < -0.39 is 24.5 Å². The van der Waals surface area contributed by atoms with Gasteiger partial charge in [0.05, 0.1) is 15.9 Å². The predicted molar refractivity (Wildman–Crippen MR) is 91.3 cm³/mol. The predicted octanol–water partition coefficient (Wildman–Crippen LogP) is 3.03. The minimum Gasteiger partial charge on any atom is -0.245 e.